The molecule has 6 aromatic heterocycles. The molecular formula is C102H118Cl2N24O16S6. The summed E-state index contributed by atoms with van der Waals surface area (Å²) in [5, 5.41) is 75.0. The van der Waals surface area contributed by atoms with Gasteiger partial charge in [0.15, 0.2) is 11.6 Å². The van der Waals surface area contributed by atoms with Gasteiger partial charge in [-0.3, -0.25) is 86.2 Å². The Labute approximate surface area is 899 Å². The van der Waals surface area contributed by atoms with Crippen molar-refractivity contribution in [3.63, 3.8) is 0 Å². The molecule has 12 atom stereocenters. The lowest BCUT2D eigenvalue weighted by atomic mass is 9.85. The number of amides is 14. The highest BCUT2D eigenvalue weighted by atomic mass is 35.5. The zero-order valence-electron chi connectivity index (χ0n) is 84.8. The molecule has 16 rings (SSSR count). The first-order chi connectivity index (χ1) is 71.3. The Hall–Kier alpha value is -13.1. The molecule has 40 nitrogen and oxygen atoms in total. The summed E-state index contributed by atoms with van der Waals surface area (Å²) >= 11 is 21.0. The van der Waals surface area contributed by atoms with Crippen LogP contribution < -0.4 is 63.8 Å². The van der Waals surface area contributed by atoms with E-state index in [1.54, 1.807) is 148 Å². The van der Waals surface area contributed by atoms with Crippen LogP contribution in [0.5, 0.6) is 0 Å². The van der Waals surface area contributed by atoms with Crippen molar-refractivity contribution in [2.24, 2.45) is 20.8 Å². The Morgan fingerprint density at radius 3 is 1.15 bits per heavy atom. The van der Waals surface area contributed by atoms with Crippen LogP contribution in [0.25, 0.3) is 30.9 Å². The van der Waals surface area contributed by atoms with Gasteiger partial charge in [-0.05, 0) is 124 Å². The van der Waals surface area contributed by atoms with Gasteiger partial charge in [-0.2, -0.15) is 23.5 Å². The maximum absolute atomic E-state index is 14.3. The molecule has 0 bridgehead atoms. The van der Waals surface area contributed by atoms with Gasteiger partial charge in [-0.25, -0.2) is 9.97 Å². The summed E-state index contributed by atoms with van der Waals surface area (Å²) in [6, 6.07) is 16.5. The zero-order valence-corrected chi connectivity index (χ0v) is 91.2. The van der Waals surface area contributed by atoms with Crippen LogP contribution in [-0.2, 0) is 67.1 Å². The number of thioether (sulfide) groups is 2. The lowest BCUT2D eigenvalue weighted by Gasteiger charge is -2.35. The SMILES string of the molecule is Cc1ncsc1-c1ccc([C@@H]2NC(=O)[C@@H]3C[C@@H](O)CN3C(=O)[C@H](C(C)(C)C)NC(=O)CSCCNC(=O)[C@@H](CNC(=O)C[C@@H]3N=C(c4ccc(Cl)cc4)c4c(sc(C)c4C)-n4c(C)nnc43)NC(=O)CNC2=O)cc1.Cc1ncsc1-c1ccc([C@H]2NC(=O)[C@@H]3C[C@@H](O)CN3C(=O)[C@H](C(C)(C)C)NC(=O)CSCCNC(=O)[C@@H](CNC(=O)C[C@@H]3N=C(c4ccc(Cl)cc4)c4c(sc(C)c4C)-n4c(C)nnc43)NC(=O)CNC2=O)cc1. The molecular weight excluding hydrogens is 2080 g/mol. The monoisotopic (exact) mass is 2200 g/mol. The van der Waals surface area contributed by atoms with Crippen molar-refractivity contribution in [3.05, 3.63) is 207 Å². The topological polar surface area (TPSA) is 542 Å². The van der Waals surface area contributed by atoms with Gasteiger partial charge in [-0.1, -0.05) is 138 Å². The molecule has 4 aromatic carbocycles. The number of aromatic nitrogens is 8. The van der Waals surface area contributed by atoms with Gasteiger partial charge in [0.25, 0.3) is 0 Å². The van der Waals surface area contributed by atoms with E-state index < -0.39 is 179 Å². The van der Waals surface area contributed by atoms with Crippen molar-refractivity contribution in [3.8, 4) is 30.9 Å². The van der Waals surface area contributed by atoms with E-state index in [0.29, 0.717) is 55.9 Å². The number of aliphatic hydroxyl groups excluding tert-OH is 2. The number of thiophene rings is 2. The molecule has 6 aliphatic heterocycles. The quantitative estimate of drug-likeness (QED) is 0.0516. The molecule has 4 fully saturated rings. The minimum absolute atomic E-state index is 0.0575. The lowest BCUT2D eigenvalue weighted by molar-refractivity contribution is -0.144. The number of nitrogens with zero attached hydrogens (tertiary/aromatic N) is 12. The van der Waals surface area contributed by atoms with Crippen molar-refractivity contribution in [1.29, 1.82) is 0 Å². The molecule has 0 radical (unpaired) electrons. The van der Waals surface area contributed by atoms with E-state index in [-0.39, 0.29) is 88.0 Å². The van der Waals surface area contributed by atoms with Gasteiger partial charge in [-0.15, -0.1) is 65.7 Å². The third-order valence-electron chi connectivity index (χ3n) is 26.4. The number of rotatable bonds is 14. The van der Waals surface area contributed by atoms with E-state index in [2.05, 4.69) is 94.2 Å². The van der Waals surface area contributed by atoms with E-state index >= 15 is 0 Å². The number of carbonyl (C=O) groups excluding carboxylic acids is 14. The van der Waals surface area contributed by atoms with Gasteiger partial charge in [0.1, 0.15) is 82.1 Å². The molecule has 6 aliphatic rings. The Bertz CT molecular complexity index is 6480. The highest BCUT2D eigenvalue weighted by Gasteiger charge is 2.49. The van der Waals surface area contributed by atoms with Crippen molar-refractivity contribution in [2.45, 2.75) is 195 Å². The van der Waals surface area contributed by atoms with Gasteiger partial charge in [0.05, 0.1) is 93.2 Å². The van der Waals surface area contributed by atoms with Crippen LogP contribution in [0.4, 0.5) is 0 Å². The number of hydrogen-bond donors (Lipinski definition) is 14. The van der Waals surface area contributed by atoms with E-state index in [1.165, 1.54) is 56.0 Å². The second-order valence-corrected chi connectivity index (χ2v) is 46.6. The number of nitrogens with one attached hydrogen (secondary N) is 12. The second-order valence-electron chi connectivity index (χ2n) is 39.4. The molecule has 14 N–H and O–H groups in total. The van der Waals surface area contributed by atoms with Crippen molar-refractivity contribution < 1.29 is 77.3 Å². The maximum Gasteiger partial charge on any atom is 0.247 e. The molecule has 48 heteroatoms. The maximum atomic E-state index is 14.3. The summed E-state index contributed by atoms with van der Waals surface area (Å²) in [5.41, 5.74) is 12.4. The van der Waals surface area contributed by atoms with Crippen LogP contribution in [0.3, 0.4) is 0 Å². The predicted molar refractivity (Wildman–Crippen MR) is 574 cm³/mol. The highest BCUT2D eigenvalue weighted by molar-refractivity contribution is 8.00. The molecule has 4 saturated heterocycles. The fourth-order valence-corrected chi connectivity index (χ4v) is 23.9. The van der Waals surface area contributed by atoms with Gasteiger partial charge in [0, 0.05) is 106 Å². The Balaban J connectivity index is 0.000000224. The molecule has 0 saturated carbocycles. The van der Waals surface area contributed by atoms with Crippen LogP contribution in [0.2, 0.25) is 10.0 Å². The predicted octanol–water partition coefficient (Wildman–Crippen LogP) is 7.10. The molecule has 0 aliphatic carbocycles. The van der Waals surface area contributed by atoms with Crippen molar-refractivity contribution in [2.75, 3.05) is 75.4 Å². The number of halogens is 2. The van der Waals surface area contributed by atoms with Crippen LogP contribution in [0, 0.1) is 66.2 Å². The van der Waals surface area contributed by atoms with E-state index in [4.69, 9.17) is 33.2 Å². The summed E-state index contributed by atoms with van der Waals surface area (Å²) < 4.78 is 3.82. The van der Waals surface area contributed by atoms with Crippen molar-refractivity contribution in [1.82, 2.24) is 113 Å². The number of thiazole rings is 2. The second kappa shape index (κ2) is 48.1. The number of fused-ring (bicyclic) bond motifs is 8. The molecule has 150 heavy (non-hydrogen) atoms. The number of carbonyl (C=O) groups is 14. The Morgan fingerprint density at radius 1 is 0.440 bits per heavy atom. The normalized spacial score (nSPS) is 22.5. The van der Waals surface area contributed by atoms with Crippen LogP contribution in [0.1, 0.15) is 180 Å². The van der Waals surface area contributed by atoms with Gasteiger partial charge in [0.2, 0.25) is 82.7 Å². The summed E-state index contributed by atoms with van der Waals surface area (Å²) in [6.45, 7) is 23.8. The molecule has 792 valence electrons. The van der Waals surface area contributed by atoms with E-state index in [9.17, 15) is 77.3 Å². The largest absolute Gasteiger partial charge is 0.391 e. The fraction of sp³-hybridized carbons (Fsp3) is 0.431. The minimum Gasteiger partial charge on any atom is -0.391 e. The average molecular weight is 2200 g/mol. The number of hydrogen-bond acceptors (Lipinski definition) is 30. The third-order valence-corrected chi connectivity index (χ3v) is 33.1. The summed E-state index contributed by atoms with van der Waals surface area (Å²) in [5.74, 6) is -6.67. The molecule has 0 unspecified atom stereocenters. The number of aryl methyl sites for hydroxylation is 6. The van der Waals surface area contributed by atoms with Crippen LogP contribution >= 0.6 is 92.1 Å². The zero-order chi connectivity index (χ0) is 108. The van der Waals surface area contributed by atoms with Gasteiger partial charge >= 0.3 is 0 Å². The van der Waals surface area contributed by atoms with E-state index in [1.807, 2.05) is 88.8 Å². The lowest BCUT2D eigenvalue weighted by Crippen LogP contribution is -2.58. The minimum atomic E-state index is -1.40. The first-order valence-electron chi connectivity index (χ1n) is 48.6. The van der Waals surface area contributed by atoms with Gasteiger partial charge < -0.3 is 83.8 Å². The fourth-order valence-electron chi connectivity index (χ4n) is 18.2. The Morgan fingerprint density at radius 2 is 0.800 bits per heavy atom. The smallest absolute Gasteiger partial charge is 0.247 e. The van der Waals surface area contributed by atoms with Crippen molar-refractivity contribution >= 4 is 186 Å². The van der Waals surface area contributed by atoms with Crippen LogP contribution in [0.15, 0.2) is 118 Å². The molecule has 0 spiro atoms. The average Bonchev–Trinajstić information content (AvgIpc) is 1.59. The first-order valence-corrected chi connectivity index (χ1v) is 55.1. The molecule has 14 amide bonds. The number of aliphatic imine (C=N–C) groups is 2. The highest BCUT2D eigenvalue weighted by Crippen LogP contribution is 2.44. The van der Waals surface area contributed by atoms with E-state index in [0.717, 1.165) is 85.4 Å². The third kappa shape index (κ3) is 26.0. The number of aliphatic hydroxyl groups is 2. The summed E-state index contributed by atoms with van der Waals surface area (Å²) in [4.78, 5) is 221. The molecule has 12 heterocycles. The van der Waals surface area contributed by atoms with Crippen LogP contribution in [-0.4, -0.2) is 277 Å². The Kier molecular flexibility index (Phi) is 35.6. The standard InChI is InChI=1S/2C51H59ClN12O8S3/c2*1-25-27(3)75-50-40(25)41(29-12-14-32(52)15-13-29)58-34(45-62-61-28(4)64(45)50)19-37(66)54-20-35-46(69)53-16-17-73-23-39(68)59-44(51(5,6)7)49(72)63-22-33(65)18-36(63)47(70)60-42(48(71)55-21-38(67)57-35)30-8-10-31(11-9-30)43-26(2)56-24-74-43/h2*8-15,24,33-36,42,44,65H,16-23H2,1-7H3,(H,53,69)(H,54,66)(H,55,71)(H,57,67)(H,59,68)(H,60,70)/t33-,34+,35-,36+,42+,44-;33-,34+,35-,36+,42-,44-/m11/s1. The summed E-state index contributed by atoms with van der Waals surface area (Å²) in [6.07, 6.45) is -2.83. The number of benzene rings is 4. The molecule has 10 aromatic rings. The first kappa shape index (κ1) is 111. The summed E-state index contributed by atoms with van der Waals surface area (Å²) in [7, 11) is 0.